The molecule has 0 aliphatic heterocycles. The summed E-state index contributed by atoms with van der Waals surface area (Å²) >= 11 is 1.62. The third kappa shape index (κ3) is 5.56. The van der Waals surface area contributed by atoms with Gasteiger partial charge in [0.2, 0.25) is 11.8 Å². The van der Waals surface area contributed by atoms with Crippen molar-refractivity contribution in [2.75, 3.05) is 6.54 Å². The Balaban J connectivity index is 1.52. The van der Waals surface area contributed by atoms with E-state index in [0.29, 0.717) is 11.8 Å². The maximum absolute atomic E-state index is 12.6. The summed E-state index contributed by atoms with van der Waals surface area (Å²) in [6.45, 7) is 6.65. The van der Waals surface area contributed by atoms with Gasteiger partial charge in [0.1, 0.15) is 5.01 Å². The number of hydrogen-bond acceptors (Lipinski definition) is 4. The van der Waals surface area contributed by atoms with Gasteiger partial charge < -0.3 is 10.6 Å². The Morgan fingerprint density at radius 2 is 1.82 bits per heavy atom. The first-order valence-electron chi connectivity index (χ1n) is 10.8. The van der Waals surface area contributed by atoms with E-state index in [9.17, 15) is 9.59 Å². The third-order valence-corrected chi connectivity index (χ3v) is 7.20. The first kappa shape index (κ1) is 21.3. The van der Waals surface area contributed by atoms with Crippen molar-refractivity contribution >= 4 is 23.2 Å². The highest BCUT2D eigenvalue weighted by Gasteiger charge is 2.34. The average Bonchev–Trinajstić information content (AvgIpc) is 3.37. The summed E-state index contributed by atoms with van der Waals surface area (Å²) < 4.78 is 0. The van der Waals surface area contributed by atoms with E-state index in [1.165, 1.54) is 12.8 Å². The van der Waals surface area contributed by atoms with Crippen molar-refractivity contribution in [3.05, 3.63) is 16.6 Å². The quantitative estimate of drug-likeness (QED) is 0.734. The van der Waals surface area contributed by atoms with E-state index >= 15 is 0 Å². The van der Waals surface area contributed by atoms with Crippen LogP contribution in [0.15, 0.2) is 11.6 Å². The zero-order chi connectivity index (χ0) is 20.1. The Bertz CT molecular complexity index is 639. The van der Waals surface area contributed by atoms with Gasteiger partial charge >= 0.3 is 0 Å². The highest BCUT2D eigenvalue weighted by Crippen LogP contribution is 2.38. The second-order valence-corrected chi connectivity index (χ2v) is 10.5. The van der Waals surface area contributed by atoms with Crippen molar-refractivity contribution in [1.82, 2.24) is 15.6 Å². The number of nitrogens with one attached hydrogen (secondary N) is 2. The Labute approximate surface area is 173 Å². The van der Waals surface area contributed by atoms with E-state index in [-0.39, 0.29) is 23.8 Å². The summed E-state index contributed by atoms with van der Waals surface area (Å²) in [5.74, 6) is 1.56. The minimum absolute atomic E-state index is 0.000699. The monoisotopic (exact) mass is 405 g/mol. The normalized spacial score (nSPS) is 24.7. The van der Waals surface area contributed by atoms with Crippen LogP contribution in [-0.2, 0) is 9.59 Å². The van der Waals surface area contributed by atoms with Gasteiger partial charge in [-0.2, -0.15) is 0 Å². The molecule has 5 nitrogen and oxygen atoms in total. The van der Waals surface area contributed by atoms with Crippen molar-refractivity contribution < 1.29 is 9.59 Å². The van der Waals surface area contributed by atoms with E-state index < -0.39 is 5.41 Å². The van der Waals surface area contributed by atoms with Crippen molar-refractivity contribution in [3.63, 3.8) is 0 Å². The number of carbonyl (C=O) groups is 2. The Kier molecular flexibility index (Phi) is 7.13. The molecule has 1 aromatic rings. The van der Waals surface area contributed by atoms with Crippen LogP contribution in [0.4, 0.5) is 0 Å². The van der Waals surface area contributed by atoms with Crippen LogP contribution in [0.1, 0.15) is 83.2 Å². The first-order valence-corrected chi connectivity index (χ1v) is 11.7. The van der Waals surface area contributed by atoms with Crippen LogP contribution in [0, 0.1) is 23.2 Å². The molecule has 0 aromatic carbocycles. The van der Waals surface area contributed by atoms with Crippen LogP contribution in [0.25, 0.3) is 0 Å². The summed E-state index contributed by atoms with van der Waals surface area (Å²) in [6, 6.07) is 0.000699. The Morgan fingerprint density at radius 3 is 2.39 bits per heavy atom. The molecule has 2 N–H and O–H groups in total. The molecule has 2 aliphatic carbocycles. The molecule has 3 rings (SSSR count). The van der Waals surface area contributed by atoms with Crippen LogP contribution in [0.3, 0.4) is 0 Å². The van der Waals surface area contributed by atoms with Crippen molar-refractivity contribution in [2.24, 2.45) is 23.2 Å². The van der Waals surface area contributed by atoms with E-state index in [1.54, 1.807) is 11.3 Å². The molecule has 1 heterocycles. The molecular weight excluding hydrogens is 370 g/mol. The number of carbonyl (C=O) groups excluding carboxylic acids is 2. The SMILES string of the molecule is CC(C)(C)C(=O)N[C@H](c1nccs1)C1CCC(CNC(=O)C2CCCC2)CC1. The lowest BCUT2D eigenvalue weighted by Crippen LogP contribution is -2.41. The highest BCUT2D eigenvalue weighted by molar-refractivity contribution is 7.09. The molecule has 1 atom stereocenters. The molecule has 0 spiro atoms. The molecule has 2 amide bonds. The number of aromatic nitrogens is 1. The van der Waals surface area contributed by atoms with Gasteiger partial charge in [0.05, 0.1) is 6.04 Å². The molecule has 2 fully saturated rings. The van der Waals surface area contributed by atoms with Crippen molar-refractivity contribution in [2.45, 2.75) is 78.2 Å². The summed E-state index contributed by atoms with van der Waals surface area (Å²) in [6.07, 6.45) is 10.7. The molecule has 0 radical (unpaired) electrons. The van der Waals surface area contributed by atoms with Crippen LogP contribution in [0.5, 0.6) is 0 Å². The zero-order valence-electron chi connectivity index (χ0n) is 17.5. The van der Waals surface area contributed by atoms with E-state index in [1.807, 2.05) is 32.3 Å². The molecule has 0 saturated heterocycles. The fourth-order valence-electron chi connectivity index (χ4n) is 4.43. The predicted molar refractivity (Wildman–Crippen MR) is 113 cm³/mol. The fourth-order valence-corrected chi connectivity index (χ4v) is 5.21. The molecule has 2 saturated carbocycles. The van der Waals surface area contributed by atoms with Crippen LogP contribution >= 0.6 is 11.3 Å². The summed E-state index contributed by atoms with van der Waals surface area (Å²) in [5, 5.41) is 9.46. The largest absolute Gasteiger partial charge is 0.356 e. The predicted octanol–water partition coefficient (Wildman–Crippen LogP) is 4.46. The Hall–Kier alpha value is -1.43. The molecule has 156 valence electrons. The van der Waals surface area contributed by atoms with Crippen LogP contribution in [-0.4, -0.2) is 23.3 Å². The van der Waals surface area contributed by atoms with Gasteiger partial charge in [0.15, 0.2) is 0 Å². The molecule has 0 bridgehead atoms. The minimum Gasteiger partial charge on any atom is -0.356 e. The van der Waals surface area contributed by atoms with Gasteiger partial charge in [-0.15, -0.1) is 11.3 Å². The second kappa shape index (κ2) is 9.38. The number of amides is 2. The maximum atomic E-state index is 12.6. The Morgan fingerprint density at radius 1 is 1.14 bits per heavy atom. The van der Waals surface area contributed by atoms with E-state index in [0.717, 1.165) is 50.1 Å². The second-order valence-electron chi connectivity index (χ2n) is 9.58. The standard InChI is InChI=1S/C22H35N3O2S/c1-22(2,3)21(27)25-18(20-23-12-13-28-20)16-10-8-15(9-11-16)14-24-19(26)17-6-4-5-7-17/h12-13,15-18H,4-11,14H2,1-3H3,(H,24,26)(H,25,27)/t15?,16?,18-/m0/s1. The minimum atomic E-state index is -0.406. The average molecular weight is 406 g/mol. The third-order valence-electron chi connectivity index (χ3n) is 6.34. The number of nitrogens with zero attached hydrogens (tertiary/aromatic N) is 1. The number of rotatable bonds is 6. The summed E-state index contributed by atoms with van der Waals surface area (Å²) in [4.78, 5) is 29.4. The lowest BCUT2D eigenvalue weighted by Gasteiger charge is -2.35. The maximum Gasteiger partial charge on any atom is 0.225 e. The summed E-state index contributed by atoms with van der Waals surface area (Å²) in [7, 11) is 0. The van der Waals surface area contributed by atoms with Crippen molar-refractivity contribution in [1.29, 1.82) is 0 Å². The zero-order valence-corrected chi connectivity index (χ0v) is 18.3. The van der Waals surface area contributed by atoms with Gasteiger partial charge in [-0.1, -0.05) is 33.6 Å². The van der Waals surface area contributed by atoms with E-state index in [4.69, 9.17) is 0 Å². The van der Waals surface area contributed by atoms with Gasteiger partial charge in [0, 0.05) is 29.5 Å². The molecule has 1 aromatic heterocycles. The van der Waals surface area contributed by atoms with Gasteiger partial charge in [-0.05, 0) is 50.4 Å². The highest BCUT2D eigenvalue weighted by atomic mass is 32.1. The molecular formula is C22H35N3O2S. The van der Waals surface area contributed by atoms with Crippen LogP contribution in [0.2, 0.25) is 0 Å². The van der Waals surface area contributed by atoms with E-state index in [2.05, 4.69) is 15.6 Å². The van der Waals surface area contributed by atoms with Gasteiger partial charge in [-0.3, -0.25) is 9.59 Å². The lowest BCUT2D eigenvalue weighted by atomic mass is 9.78. The van der Waals surface area contributed by atoms with Crippen molar-refractivity contribution in [3.8, 4) is 0 Å². The topological polar surface area (TPSA) is 71.1 Å². The smallest absolute Gasteiger partial charge is 0.225 e. The molecule has 0 unspecified atom stereocenters. The number of hydrogen-bond donors (Lipinski definition) is 2. The molecule has 2 aliphatic rings. The van der Waals surface area contributed by atoms with Gasteiger partial charge in [-0.25, -0.2) is 4.98 Å². The molecule has 6 heteroatoms. The lowest BCUT2D eigenvalue weighted by molar-refractivity contribution is -0.130. The first-order chi connectivity index (χ1) is 13.3. The van der Waals surface area contributed by atoms with Gasteiger partial charge in [0.25, 0.3) is 0 Å². The van der Waals surface area contributed by atoms with Crippen LogP contribution < -0.4 is 10.6 Å². The molecule has 28 heavy (non-hydrogen) atoms. The number of thiazole rings is 1. The fraction of sp³-hybridized carbons (Fsp3) is 0.773. The summed E-state index contributed by atoms with van der Waals surface area (Å²) in [5.41, 5.74) is -0.406.